The van der Waals surface area contributed by atoms with Crippen LogP contribution in [0, 0.1) is 18.3 Å². The van der Waals surface area contributed by atoms with Crippen LogP contribution in [-0.4, -0.2) is 9.55 Å². The highest BCUT2D eigenvalue weighted by atomic mass is 35.5. The molecule has 0 spiro atoms. The third-order valence-electron chi connectivity index (χ3n) is 3.40. The van der Waals surface area contributed by atoms with E-state index in [0.29, 0.717) is 22.1 Å². The molecule has 21 heavy (non-hydrogen) atoms. The second-order valence-electron chi connectivity index (χ2n) is 4.71. The molecule has 0 aliphatic carbocycles. The topological polar surface area (TPSA) is 41.6 Å². The summed E-state index contributed by atoms with van der Waals surface area (Å²) in [5, 5.41) is 9.91. The quantitative estimate of drug-likeness (QED) is 0.648. The minimum absolute atomic E-state index is 0.255. The number of rotatable bonds is 2. The molecule has 0 bridgehead atoms. The smallest absolute Gasteiger partial charge is 0.129 e. The summed E-state index contributed by atoms with van der Waals surface area (Å²) in [4.78, 5) is 4.59. The number of aryl methyl sites for hydroxylation is 1. The van der Waals surface area contributed by atoms with E-state index in [9.17, 15) is 5.26 Å². The van der Waals surface area contributed by atoms with Crippen LogP contribution in [0.2, 0.25) is 5.02 Å². The van der Waals surface area contributed by atoms with Gasteiger partial charge in [0.2, 0.25) is 0 Å². The Morgan fingerprint density at radius 1 is 1.29 bits per heavy atom. The van der Waals surface area contributed by atoms with Crippen molar-refractivity contribution in [2.45, 2.75) is 12.8 Å². The van der Waals surface area contributed by atoms with E-state index in [1.807, 2.05) is 29.7 Å². The Hall–Kier alpha value is -2.02. The number of para-hydroxylation sites is 1. The van der Waals surface area contributed by atoms with E-state index in [0.717, 1.165) is 16.6 Å². The van der Waals surface area contributed by atoms with E-state index in [2.05, 4.69) is 11.1 Å². The number of alkyl halides is 1. The maximum atomic E-state index is 9.34. The number of aromatic nitrogens is 2. The Kier molecular flexibility index (Phi) is 3.59. The van der Waals surface area contributed by atoms with E-state index in [1.165, 1.54) is 0 Å². The third kappa shape index (κ3) is 2.27. The molecule has 104 valence electrons. The Labute approximate surface area is 132 Å². The Bertz CT molecular complexity index is 875. The average Bonchev–Trinajstić information content (AvgIpc) is 2.87. The van der Waals surface area contributed by atoms with Gasteiger partial charge in [-0.15, -0.1) is 11.6 Å². The second kappa shape index (κ2) is 5.40. The molecule has 0 saturated heterocycles. The molecule has 2 aromatic carbocycles. The monoisotopic (exact) mass is 315 g/mol. The Morgan fingerprint density at radius 2 is 2.10 bits per heavy atom. The van der Waals surface area contributed by atoms with Crippen LogP contribution >= 0.6 is 23.2 Å². The first-order valence-corrected chi connectivity index (χ1v) is 7.30. The van der Waals surface area contributed by atoms with E-state index in [-0.39, 0.29) is 5.88 Å². The first-order chi connectivity index (χ1) is 10.2. The van der Waals surface area contributed by atoms with Gasteiger partial charge < -0.3 is 0 Å². The summed E-state index contributed by atoms with van der Waals surface area (Å²) in [5.41, 5.74) is 4.11. The summed E-state index contributed by atoms with van der Waals surface area (Å²) in [6.45, 7) is 2.00. The van der Waals surface area contributed by atoms with Crippen LogP contribution in [-0.2, 0) is 5.88 Å². The summed E-state index contributed by atoms with van der Waals surface area (Å²) in [7, 11) is 0. The highest BCUT2D eigenvalue weighted by molar-refractivity contribution is 6.30. The van der Waals surface area contributed by atoms with Crippen LogP contribution in [0.1, 0.15) is 17.0 Å². The van der Waals surface area contributed by atoms with Gasteiger partial charge in [0.1, 0.15) is 11.9 Å². The van der Waals surface area contributed by atoms with Crippen molar-refractivity contribution in [2.24, 2.45) is 0 Å². The van der Waals surface area contributed by atoms with Crippen molar-refractivity contribution in [3.63, 3.8) is 0 Å². The van der Waals surface area contributed by atoms with Crippen molar-refractivity contribution in [2.75, 3.05) is 0 Å². The zero-order chi connectivity index (χ0) is 15.0. The molecule has 0 amide bonds. The highest BCUT2D eigenvalue weighted by Gasteiger charge is 2.16. The van der Waals surface area contributed by atoms with Crippen LogP contribution in [0.25, 0.3) is 16.7 Å². The number of benzene rings is 2. The lowest BCUT2D eigenvalue weighted by Crippen LogP contribution is -2.02. The van der Waals surface area contributed by atoms with Gasteiger partial charge in [-0.05, 0) is 36.8 Å². The van der Waals surface area contributed by atoms with Gasteiger partial charge in [0.25, 0.3) is 0 Å². The normalized spacial score (nSPS) is 10.8. The molecule has 0 saturated carbocycles. The number of imidazole rings is 1. The maximum Gasteiger partial charge on any atom is 0.129 e. The van der Waals surface area contributed by atoms with Crippen LogP contribution < -0.4 is 0 Å². The average molecular weight is 316 g/mol. The molecular formula is C16H11Cl2N3. The minimum Gasteiger partial charge on any atom is -0.294 e. The van der Waals surface area contributed by atoms with E-state index < -0.39 is 0 Å². The fourth-order valence-electron chi connectivity index (χ4n) is 2.43. The van der Waals surface area contributed by atoms with Gasteiger partial charge in [-0.3, -0.25) is 4.57 Å². The number of hydrogen-bond donors (Lipinski definition) is 0. The highest BCUT2D eigenvalue weighted by Crippen LogP contribution is 2.28. The predicted octanol–water partition coefficient (Wildman–Crippen LogP) is 4.60. The Balaban J connectivity index is 2.43. The first kappa shape index (κ1) is 13.9. The summed E-state index contributed by atoms with van der Waals surface area (Å²) < 4.78 is 1.90. The van der Waals surface area contributed by atoms with Crippen molar-refractivity contribution in [1.29, 1.82) is 5.26 Å². The lowest BCUT2D eigenvalue weighted by Gasteiger charge is -2.10. The molecule has 0 aliphatic heterocycles. The molecule has 1 aromatic heterocycles. The first-order valence-electron chi connectivity index (χ1n) is 6.38. The molecule has 1 heterocycles. The predicted molar refractivity (Wildman–Crippen MR) is 85.1 cm³/mol. The Morgan fingerprint density at radius 3 is 2.81 bits per heavy atom. The fraction of sp³-hybridized carbons (Fsp3) is 0.125. The number of hydrogen-bond acceptors (Lipinski definition) is 2. The SMILES string of the molecule is Cc1cccc2c1nc(CCl)n2-c1cc(Cl)ccc1C#N. The van der Waals surface area contributed by atoms with Crippen LogP contribution in [0.3, 0.4) is 0 Å². The largest absolute Gasteiger partial charge is 0.294 e. The van der Waals surface area contributed by atoms with Crippen molar-refractivity contribution in [3.05, 3.63) is 58.4 Å². The maximum absolute atomic E-state index is 9.34. The summed E-state index contributed by atoms with van der Waals surface area (Å²) >= 11 is 12.1. The van der Waals surface area contributed by atoms with Gasteiger partial charge in [0, 0.05) is 5.02 Å². The lowest BCUT2D eigenvalue weighted by atomic mass is 10.1. The molecule has 0 fully saturated rings. The van der Waals surface area contributed by atoms with E-state index in [1.54, 1.807) is 18.2 Å². The molecule has 0 atom stereocenters. The van der Waals surface area contributed by atoms with Crippen LogP contribution in [0.5, 0.6) is 0 Å². The van der Waals surface area contributed by atoms with Gasteiger partial charge in [-0.1, -0.05) is 23.7 Å². The number of halogens is 2. The van der Waals surface area contributed by atoms with E-state index in [4.69, 9.17) is 23.2 Å². The number of fused-ring (bicyclic) bond motifs is 1. The molecular weight excluding hydrogens is 305 g/mol. The summed E-state index contributed by atoms with van der Waals surface area (Å²) in [6.07, 6.45) is 0. The number of nitriles is 1. The zero-order valence-corrected chi connectivity index (χ0v) is 12.8. The summed E-state index contributed by atoms with van der Waals surface area (Å²) in [6, 6.07) is 13.3. The van der Waals surface area contributed by atoms with Crippen LogP contribution in [0.15, 0.2) is 36.4 Å². The van der Waals surface area contributed by atoms with Gasteiger partial charge in [0.05, 0.1) is 28.2 Å². The fourth-order valence-corrected chi connectivity index (χ4v) is 2.78. The molecule has 0 aliphatic rings. The van der Waals surface area contributed by atoms with Gasteiger partial charge in [0.15, 0.2) is 0 Å². The van der Waals surface area contributed by atoms with Crippen molar-refractivity contribution in [3.8, 4) is 11.8 Å². The molecule has 3 aromatic rings. The van der Waals surface area contributed by atoms with Crippen LogP contribution in [0.4, 0.5) is 0 Å². The van der Waals surface area contributed by atoms with Gasteiger partial charge >= 0.3 is 0 Å². The van der Waals surface area contributed by atoms with Crippen molar-refractivity contribution in [1.82, 2.24) is 9.55 Å². The second-order valence-corrected chi connectivity index (χ2v) is 5.42. The molecule has 5 heteroatoms. The molecule has 0 unspecified atom stereocenters. The molecule has 0 N–H and O–H groups in total. The van der Waals surface area contributed by atoms with Gasteiger partial charge in [-0.2, -0.15) is 5.26 Å². The molecule has 3 nitrogen and oxygen atoms in total. The van der Waals surface area contributed by atoms with Gasteiger partial charge in [-0.25, -0.2) is 4.98 Å². The zero-order valence-electron chi connectivity index (χ0n) is 11.3. The lowest BCUT2D eigenvalue weighted by molar-refractivity contribution is 0.978. The molecule has 3 rings (SSSR count). The standard InChI is InChI=1S/C16H11Cl2N3/c1-10-3-2-4-13-16(10)20-15(8-17)21(13)14-7-12(18)6-5-11(14)9-19/h2-7H,8H2,1H3. The summed E-state index contributed by atoms with van der Waals surface area (Å²) in [5.74, 6) is 0.950. The van der Waals surface area contributed by atoms with Crippen molar-refractivity contribution >= 4 is 34.2 Å². The minimum atomic E-state index is 0.255. The van der Waals surface area contributed by atoms with E-state index >= 15 is 0 Å². The molecule has 0 radical (unpaired) electrons. The van der Waals surface area contributed by atoms with Crippen molar-refractivity contribution < 1.29 is 0 Å². The number of nitrogens with zero attached hydrogens (tertiary/aromatic N) is 3. The third-order valence-corrected chi connectivity index (χ3v) is 3.87.